The van der Waals surface area contributed by atoms with E-state index < -0.39 is 5.41 Å². The van der Waals surface area contributed by atoms with Gasteiger partial charge < -0.3 is 9.64 Å². The van der Waals surface area contributed by atoms with Crippen LogP contribution in [0.2, 0.25) is 0 Å². The first-order valence-electron chi connectivity index (χ1n) is 19.7. The Bertz CT molecular complexity index is 3180. The lowest BCUT2D eigenvalue weighted by atomic mass is 9.58. The van der Waals surface area contributed by atoms with Crippen LogP contribution >= 0.6 is 0 Å². The van der Waals surface area contributed by atoms with Crippen molar-refractivity contribution < 1.29 is 4.74 Å². The van der Waals surface area contributed by atoms with E-state index in [0.29, 0.717) is 0 Å². The number of benzene rings is 10. The average Bonchev–Trinajstić information content (AvgIpc) is 3.28. The Morgan fingerprint density at radius 2 is 0.965 bits per heavy atom. The summed E-state index contributed by atoms with van der Waals surface area (Å²) < 4.78 is 6.74. The first-order chi connectivity index (χ1) is 28.3. The lowest BCUT2D eigenvalue weighted by molar-refractivity contribution is 0.435. The smallest absolute Gasteiger partial charge is 0.132 e. The third-order valence-electron chi connectivity index (χ3n) is 12.3. The Labute approximate surface area is 331 Å². The number of anilines is 3. The highest BCUT2D eigenvalue weighted by molar-refractivity contribution is 6.07. The lowest BCUT2D eigenvalue weighted by Crippen LogP contribution is -2.36. The highest BCUT2D eigenvalue weighted by Gasteiger charge is 2.49. The average molecular weight is 726 g/mol. The van der Waals surface area contributed by atoms with Gasteiger partial charge in [-0.05, 0) is 109 Å². The topological polar surface area (TPSA) is 12.5 Å². The Kier molecular flexibility index (Phi) is 6.88. The van der Waals surface area contributed by atoms with Gasteiger partial charge in [0.15, 0.2) is 0 Å². The second-order valence-corrected chi connectivity index (χ2v) is 15.2. The van der Waals surface area contributed by atoms with Crippen LogP contribution in [0.5, 0.6) is 11.5 Å². The van der Waals surface area contributed by atoms with Crippen molar-refractivity contribution in [3.8, 4) is 33.8 Å². The zero-order chi connectivity index (χ0) is 37.5. The third-order valence-corrected chi connectivity index (χ3v) is 12.3. The van der Waals surface area contributed by atoms with Crippen LogP contribution in [0.25, 0.3) is 54.6 Å². The Morgan fingerprint density at radius 3 is 1.81 bits per heavy atom. The fourth-order valence-corrected chi connectivity index (χ4v) is 9.83. The van der Waals surface area contributed by atoms with Crippen molar-refractivity contribution >= 4 is 49.4 Å². The van der Waals surface area contributed by atoms with E-state index in [1.54, 1.807) is 0 Å². The second kappa shape index (κ2) is 12.3. The maximum absolute atomic E-state index is 6.74. The molecular weight excluding hydrogens is 691 g/mol. The molecule has 0 atom stereocenters. The summed E-state index contributed by atoms with van der Waals surface area (Å²) in [5.74, 6) is 1.78. The molecule has 2 heteroatoms. The number of fused-ring (bicyclic) bond motifs is 10. The van der Waals surface area contributed by atoms with E-state index >= 15 is 0 Å². The molecule has 0 saturated carbocycles. The molecule has 0 amide bonds. The van der Waals surface area contributed by atoms with Gasteiger partial charge in [-0.15, -0.1) is 0 Å². The Hall–Kier alpha value is -7.42. The standard InChI is InChI=1S/C55H35NO/c1-2-13-36(14-3-1)39-27-28-41-34-42(30-29-40(41)33-39)56(51-24-12-16-37-15-4-5-19-44(37)51)43-31-32-45-46-20-10-17-38-18-11-23-49(54(38)46)55(50(45)35-43)47-21-6-8-25-52(47)57-53-26-9-7-22-48(53)55/h1-35H. The van der Waals surface area contributed by atoms with Gasteiger partial charge >= 0.3 is 0 Å². The van der Waals surface area contributed by atoms with Gasteiger partial charge in [0.1, 0.15) is 11.5 Å². The molecule has 0 unspecified atom stereocenters. The van der Waals surface area contributed by atoms with Crippen LogP contribution in [-0.2, 0) is 5.41 Å². The van der Waals surface area contributed by atoms with Crippen LogP contribution in [0.4, 0.5) is 17.1 Å². The fraction of sp³-hybridized carbons (Fsp3) is 0.0182. The summed E-state index contributed by atoms with van der Waals surface area (Å²) in [6.07, 6.45) is 0. The number of hydrogen-bond donors (Lipinski definition) is 0. The summed E-state index contributed by atoms with van der Waals surface area (Å²) in [5, 5.41) is 7.34. The van der Waals surface area contributed by atoms with Crippen LogP contribution in [0.15, 0.2) is 212 Å². The highest BCUT2D eigenvalue weighted by Crippen LogP contribution is 2.61. The maximum Gasteiger partial charge on any atom is 0.132 e. The molecule has 1 aliphatic heterocycles. The van der Waals surface area contributed by atoms with Gasteiger partial charge in [-0.2, -0.15) is 0 Å². The summed E-state index contributed by atoms with van der Waals surface area (Å²) in [6.45, 7) is 0. The van der Waals surface area contributed by atoms with Gasteiger partial charge in [-0.25, -0.2) is 0 Å². The first-order valence-corrected chi connectivity index (χ1v) is 19.7. The van der Waals surface area contributed by atoms with Gasteiger partial charge in [0.05, 0.1) is 11.1 Å². The van der Waals surface area contributed by atoms with Gasteiger partial charge in [-0.1, -0.05) is 164 Å². The molecule has 0 aromatic heterocycles. The van der Waals surface area contributed by atoms with Crippen molar-refractivity contribution in [2.45, 2.75) is 5.41 Å². The molecule has 0 radical (unpaired) electrons. The van der Waals surface area contributed by atoms with Crippen LogP contribution in [0.3, 0.4) is 0 Å². The molecule has 0 bridgehead atoms. The molecule has 266 valence electrons. The minimum Gasteiger partial charge on any atom is -0.457 e. The molecule has 0 saturated heterocycles. The minimum absolute atomic E-state index is 0.633. The quantitative estimate of drug-likeness (QED) is 0.179. The van der Waals surface area contributed by atoms with Crippen molar-refractivity contribution in [3.63, 3.8) is 0 Å². The van der Waals surface area contributed by atoms with Crippen molar-refractivity contribution in [2.75, 3.05) is 4.90 Å². The number of para-hydroxylation sites is 2. The lowest BCUT2D eigenvalue weighted by Gasteiger charge is -2.45. The monoisotopic (exact) mass is 725 g/mol. The van der Waals surface area contributed by atoms with Crippen LogP contribution in [0, 0.1) is 0 Å². The summed E-state index contributed by atoms with van der Waals surface area (Å²) in [5.41, 5.74) is 12.5. The molecule has 12 rings (SSSR count). The summed E-state index contributed by atoms with van der Waals surface area (Å²) in [6, 6.07) is 77.6. The molecule has 10 aromatic carbocycles. The maximum atomic E-state index is 6.74. The second-order valence-electron chi connectivity index (χ2n) is 15.2. The van der Waals surface area contributed by atoms with Gasteiger partial charge in [0.25, 0.3) is 0 Å². The first kappa shape index (κ1) is 31.9. The number of nitrogens with zero attached hydrogens (tertiary/aromatic N) is 1. The molecule has 1 aliphatic carbocycles. The molecule has 10 aromatic rings. The molecular formula is C55H35NO. The molecule has 2 aliphatic rings. The largest absolute Gasteiger partial charge is 0.457 e. The van der Waals surface area contributed by atoms with E-state index in [-0.39, 0.29) is 0 Å². The van der Waals surface area contributed by atoms with Gasteiger partial charge in [0, 0.05) is 27.9 Å². The van der Waals surface area contributed by atoms with E-state index in [9.17, 15) is 0 Å². The van der Waals surface area contributed by atoms with E-state index in [0.717, 1.165) is 39.7 Å². The zero-order valence-corrected chi connectivity index (χ0v) is 31.1. The Morgan fingerprint density at radius 1 is 0.351 bits per heavy atom. The van der Waals surface area contributed by atoms with Crippen molar-refractivity contribution in [1.82, 2.24) is 0 Å². The molecule has 2 nitrogen and oxygen atoms in total. The zero-order valence-electron chi connectivity index (χ0n) is 31.1. The molecule has 1 heterocycles. The SMILES string of the molecule is c1ccc(-c2ccc3cc(N(c4ccc5c(c4)C4(c6ccccc6Oc6ccccc64)c4cccc6cccc-5c46)c4cccc5ccccc45)ccc3c2)cc1. The number of hydrogen-bond acceptors (Lipinski definition) is 2. The van der Waals surface area contributed by atoms with Crippen LogP contribution < -0.4 is 9.64 Å². The molecule has 0 fully saturated rings. The van der Waals surface area contributed by atoms with Gasteiger partial charge in [0.2, 0.25) is 0 Å². The van der Waals surface area contributed by atoms with Gasteiger partial charge in [-0.3, -0.25) is 0 Å². The van der Waals surface area contributed by atoms with E-state index in [4.69, 9.17) is 4.74 Å². The predicted molar refractivity (Wildman–Crippen MR) is 236 cm³/mol. The molecule has 1 spiro atoms. The summed E-state index contributed by atoms with van der Waals surface area (Å²) in [7, 11) is 0. The Balaban J connectivity index is 1.16. The molecule has 57 heavy (non-hydrogen) atoms. The minimum atomic E-state index is -0.633. The van der Waals surface area contributed by atoms with Crippen molar-refractivity contribution in [2.24, 2.45) is 0 Å². The van der Waals surface area contributed by atoms with Crippen LogP contribution in [-0.4, -0.2) is 0 Å². The number of ether oxygens (including phenoxy) is 1. The molecule has 0 N–H and O–H groups in total. The van der Waals surface area contributed by atoms with Crippen molar-refractivity contribution in [1.29, 1.82) is 0 Å². The van der Waals surface area contributed by atoms with E-state index in [1.807, 2.05) is 0 Å². The van der Waals surface area contributed by atoms with E-state index in [2.05, 4.69) is 217 Å². The summed E-state index contributed by atoms with van der Waals surface area (Å²) in [4.78, 5) is 2.46. The number of rotatable bonds is 4. The fourth-order valence-electron chi connectivity index (χ4n) is 9.83. The van der Waals surface area contributed by atoms with E-state index in [1.165, 1.54) is 65.7 Å². The predicted octanol–water partition coefficient (Wildman–Crippen LogP) is 14.8. The summed E-state index contributed by atoms with van der Waals surface area (Å²) >= 11 is 0. The third kappa shape index (κ3) is 4.65. The highest BCUT2D eigenvalue weighted by atomic mass is 16.5. The van der Waals surface area contributed by atoms with Crippen molar-refractivity contribution in [3.05, 3.63) is 235 Å². The van der Waals surface area contributed by atoms with Crippen LogP contribution in [0.1, 0.15) is 22.3 Å². The normalized spacial score (nSPS) is 13.2.